The summed E-state index contributed by atoms with van der Waals surface area (Å²) in [5, 5.41) is 2.86. The summed E-state index contributed by atoms with van der Waals surface area (Å²) in [6.07, 6.45) is 0.931. The first kappa shape index (κ1) is 11.3. The molecule has 1 saturated heterocycles. The van der Waals surface area contributed by atoms with E-state index in [0.717, 1.165) is 35.4 Å². The van der Waals surface area contributed by atoms with Crippen LogP contribution in [-0.4, -0.2) is 30.5 Å². The van der Waals surface area contributed by atoms with Crippen LogP contribution in [0.5, 0.6) is 0 Å². The quantitative estimate of drug-likeness (QED) is 0.758. The van der Waals surface area contributed by atoms with Gasteiger partial charge in [-0.2, -0.15) is 0 Å². The fraction of sp³-hybridized carbons (Fsp3) is 0.333. The summed E-state index contributed by atoms with van der Waals surface area (Å²) in [4.78, 5) is 17.9. The number of hydrogen-bond donors (Lipinski definition) is 2. The standard InChI is InChI=1S/C12H14N4OS/c13-11-8(2-3-9-12(11)15-7-18-9)16-5-1-4-14-10(17)6-16/h2-3,7H,1,4-6,13H2,(H,14,17). The van der Waals surface area contributed by atoms with E-state index in [9.17, 15) is 4.79 Å². The molecule has 6 heteroatoms. The minimum atomic E-state index is 0.0466. The number of benzene rings is 1. The van der Waals surface area contributed by atoms with E-state index in [1.165, 1.54) is 0 Å². The number of anilines is 2. The van der Waals surface area contributed by atoms with Crippen molar-refractivity contribution in [3.8, 4) is 0 Å². The normalized spacial score (nSPS) is 16.7. The van der Waals surface area contributed by atoms with Crippen LogP contribution in [0.1, 0.15) is 6.42 Å². The predicted octanol–water partition coefficient (Wildman–Crippen LogP) is 1.20. The first-order chi connectivity index (χ1) is 8.75. The number of amides is 1. The molecule has 0 radical (unpaired) electrons. The van der Waals surface area contributed by atoms with Gasteiger partial charge in [0.15, 0.2) is 0 Å². The Morgan fingerprint density at radius 2 is 2.33 bits per heavy atom. The lowest BCUT2D eigenvalue weighted by atomic mass is 10.2. The van der Waals surface area contributed by atoms with Crippen molar-refractivity contribution in [1.82, 2.24) is 10.3 Å². The molecule has 0 unspecified atom stereocenters. The van der Waals surface area contributed by atoms with E-state index in [1.54, 1.807) is 16.8 Å². The van der Waals surface area contributed by atoms with Crippen LogP contribution < -0.4 is 16.0 Å². The van der Waals surface area contributed by atoms with Crippen LogP contribution in [0.15, 0.2) is 17.6 Å². The third kappa shape index (κ3) is 1.88. The second-order valence-corrected chi connectivity index (χ2v) is 5.21. The minimum Gasteiger partial charge on any atom is -0.395 e. The average Bonchev–Trinajstić information content (AvgIpc) is 2.73. The number of thiazole rings is 1. The molecule has 0 aliphatic carbocycles. The highest BCUT2D eigenvalue weighted by atomic mass is 32.1. The van der Waals surface area contributed by atoms with Crippen LogP contribution in [0.2, 0.25) is 0 Å². The molecule has 0 bridgehead atoms. The molecule has 3 rings (SSSR count). The highest BCUT2D eigenvalue weighted by Gasteiger charge is 2.18. The summed E-state index contributed by atoms with van der Waals surface area (Å²) in [7, 11) is 0. The predicted molar refractivity (Wildman–Crippen MR) is 73.9 cm³/mol. The minimum absolute atomic E-state index is 0.0466. The lowest BCUT2D eigenvalue weighted by molar-refractivity contribution is -0.119. The fourth-order valence-corrected chi connectivity index (χ4v) is 2.92. The summed E-state index contributed by atoms with van der Waals surface area (Å²) in [5.74, 6) is 0.0466. The number of nitrogen functional groups attached to an aromatic ring is 1. The molecule has 1 fully saturated rings. The lowest BCUT2D eigenvalue weighted by Crippen LogP contribution is -2.33. The van der Waals surface area contributed by atoms with Crippen LogP contribution in [0.25, 0.3) is 10.2 Å². The third-order valence-electron chi connectivity index (χ3n) is 3.12. The maximum Gasteiger partial charge on any atom is 0.239 e. The van der Waals surface area contributed by atoms with Crippen molar-refractivity contribution in [2.24, 2.45) is 0 Å². The Morgan fingerprint density at radius 3 is 3.22 bits per heavy atom. The van der Waals surface area contributed by atoms with Crippen molar-refractivity contribution in [2.75, 3.05) is 30.3 Å². The van der Waals surface area contributed by atoms with Crippen molar-refractivity contribution < 1.29 is 4.79 Å². The molecule has 2 aromatic rings. The number of carbonyl (C=O) groups is 1. The molecule has 3 N–H and O–H groups in total. The summed E-state index contributed by atoms with van der Waals surface area (Å²) >= 11 is 1.57. The van der Waals surface area contributed by atoms with Crippen molar-refractivity contribution in [2.45, 2.75) is 6.42 Å². The molecular weight excluding hydrogens is 248 g/mol. The largest absolute Gasteiger partial charge is 0.395 e. The van der Waals surface area contributed by atoms with Gasteiger partial charge in [0.2, 0.25) is 5.91 Å². The monoisotopic (exact) mass is 262 g/mol. The van der Waals surface area contributed by atoms with E-state index in [-0.39, 0.29) is 5.91 Å². The second kappa shape index (κ2) is 4.45. The summed E-state index contributed by atoms with van der Waals surface area (Å²) in [5.41, 5.74) is 10.4. The zero-order valence-electron chi connectivity index (χ0n) is 9.85. The van der Waals surface area contributed by atoms with E-state index < -0.39 is 0 Å². The highest BCUT2D eigenvalue weighted by Crippen LogP contribution is 2.32. The smallest absolute Gasteiger partial charge is 0.239 e. The number of nitrogens with one attached hydrogen (secondary N) is 1. The Bertz CT molecular complexity index is 595. The Labute approximate surface area is 109 Å². The molecule has 0 atom stereocenters. The molecule has 1 aliphatic heterocycles. The van der Waals surface area contributed by atoms with E-state index >= 15 is 0 Å². The van der Waals surface area contributed by atoms with Gasteiger partial charge >= 0.3 is 0 Å². The van der Waals surface area contributed by atoms with Crippen LogP contribution in [0.3, 0.4) is 0 Å². The maximum atomic E-state index is 11.6. The SMILES string of the molecule is Nc1c(N2CCCNC(=O)C2)ccc2scnc12. The summed E-state index contributed by atoms with van der Waals surface area (Å²) in [6, 6.07) is 4.00. The van der Waals surface area contributed by atoms with Gasteiger partial charge < -0.3 is 16.0 Å². The van der Waals surface area contributed by atoms with E-state index in [1.807, 2.05) is 17.0 Å². The topological polar surface area (TPSA) is 71.2 Å². The summed E-state index contributed by atoms with van der Waals surface area (Å²) < 4.78 is 1.08. The Hall–Kier alpha value is -1.82. The van der Waals surface area contributed by atoms with Gasteiger partial charge in [-0.25, -0.2) is 4.98 Å². The Kier molecular flexibility index (Phi) is 2.79. The highest BCUT2D eigenvalue weighted by molar-refractivity contribution is 7.16. The third-order valence-corrected chi connectivity index (χ3v) is 3.91. The number of nitrogens with two attached hydrogens (primary N) is 1. The number of carbonyl (C=O) groups excluding carboxylic acids is 1. The molecule has 2 heterocycles. The fourth-order valence-electron chi connectivity index (χ4n) is 2.23. The number of aromatic nitrogens is 1. The van der Waals surface area contributed by atoms with Gasteiger partial charge in [-0.05, 0) is 18.6 Å². The van der Waals surface area contributed by atoms with Crippen molar-refractivity contribution in [3.05, 3.63) is 17.6 Å². The van der Waals surface area contributed by atoms with Gasteiger partial charge in [0.25, 0.3) is 0 Å². The molecule has 0 saturated carbocycles. The first-order valence-electron chi connectivity index (χ1n) is 5.89. The molecule has 5 nitrogen and oxygen atoms in total. The van der Waals surface area contributed by atoms with Gasteiger partial charge in [0.1, 0.15) is 5.52 Å². The van der Waals surface area contributed by atoms with Crippen LogP contribution >= 0.6 is 11.3 Å². The second-order valence-electron chi connectivity index (χ2n) is 4.32. The van der Waals surface area contributed by atoms with E-state index in [2.05, 4.69) is 10.3 Å². The van der Waals surface area contributed by atoms with Crippen LogP contribution in [0, 0.1) is 0 Å². The first-order valence-corrected chi connectivity index (χ1v) is 6.77. The molecule has 1 aromatic heterocycles. The molecule has 1 amide bonds. The number of fused-ring (bicyclic) bond motifs is 1. The van der Waals surface area contributed by atoms with Crippen LogP contribution in [-0.2, 0) is 4.79 Å². The molecular formula is C12H14N4OS. The van der Waals surface area contributed by atoms with Gasteiger partial charge in [-0.15, -0.1) is 11.3 Å². The van der Waals surface area contributed by atoms with Gasteiger partial charge in [0, 0.05) is 13.1 Å². The molecule has 18 heavy (non-hydrogen) atoms. The number of hydrogen-bond acceptors (Lipinski definition) is 5. The average molecular weight is 262 g/mol. The number of rotatable bonds is 1. The molecule has 1 aromatic carbocycles. The van der Waals surface area contributed by atoms with Gasteiger partial charge in [-0.1, -0.05) is 0 Å². The number of nitrogens with zero attached hydrogens (tertiary/aromatic N) is 2. The zero-order chi connectivity index (χ0) is 12.5. The molecule has 0 spiro atoms. The van der Waals surface area contributed by atoms with E-state index in [0.29, 0.717) is 12.2 Å². The molecule has 94 valence electrons. The Morgan fingerprint density at radius 1 is 1.44 bits per heavy atom. The maximum absolute atomic E-state index is 11.6. The summed E-state index contributed by atoms with van der Waals surface area (Å²) in [6.45, 7) is 1.92. The molecule has 1 aliphatic rings. The van der Waals surface area contributed by atoms with Crippen molar-refractivity contribution >= 4 is 38.8 Å². The van der Waals surface area contributed by atoms with E-state index in [4.69, 9.17) is 5.73 Å². The van der Waals surface area contributed by atoms with Crippen molar-refractivity contribution in [3.63, 3.8) is 0 Å². The zero-order valence-corrected chi connectivity index (χ0v) is 10.7. The lowest BCUT2D eigenvalue weighted by Gasteiger charge is -2.23. The van der Waals surface area contributed by atoms with Gasteiger partial charge in [-0.3, -0.25) is 4.79 Å². The Balaban J connectivity index is 2.02. The van der Waals surface area contributed by atoms with Crippen LogP contribution in [0.4, 0.5) is 11.4 Å². The van der Waals surface area contributed by atoms with Crippen molar-refractivity contribution in [1.29, 1.82) is 0 Å². The van der Waals surface area contributed by atoms with Gasteiger partial charge in [0.05, 0.1) is 28.1 Å².